The van der Waals surface area contributed by atoms with Crippen molar-refractivity contribution in [3.63, 3.8) is 0 Å². The second-order valence-corrected chi connectivity index (χ2v) is 5.63. The van der Waals surface area contributed by atoms with Crippen LogP contribution in [0, 0.1) is 6.92 Å². The topological polar surface area (TPSA) is 64.0 Å². The Bertz CT molecular complexity index is 748. The number of aromatic nitrogens is 2. The molecule has 0 unspecified atom stereocenters. The molecule has 1 N–H and O–H groups in total. The molecule has 108 valence electrons. The van der Waals surface area contributed by atoms with E-state index in [2.05, 4.69) is 10.4 Å². The average molecular weight is 324 g/mol. The second kappa shape index (κ2) is 5.16. The molecule has 0 aliphatic carbocycles. The molecule has 0 spiro atoms. The van der Waals surface area contributed by atoms with Gasteiger partial charge in [-0.2, -0.15) is 5.10 Å². The van der Waals surface area contributed by atoms with Gasteiger partial charge in [-0.3, -0.25) is 19.6 Å². The largest absolute Gasteiger partial charge is 0.292 e. The standard InChI is InChI=1S/C14H11Cl2N3O2/c1-7-13-11(5-12(20)17-14(13)21)18-19(7)6-8-9(15)3-2-4-10(8)16/h2-4H,5-6H2,1H3,(H,17,20,21). The fraction of sp³-hybridized carbons (Fsp3) is 0.214. The zero-order valence-corrected chi connectivity index (χ0v) is 12.6. The van der Waals surface area contributed by atoms with Crippen molar-refractivity contribution in [3.8, 4) is 0 Å². The van der Waals surface area contributed by atoms with Crippen molar-refractivity contribution in [1.82, 2.24) is 15.1 Å². The smallest absolute Gasteiger partial charge is 0.261 e. The summed E-state index contributed by atoms with van der Waals surface area (Å²) >= 11 is 12.3. The minimum atomic E-state index is -0.407. The van der Waals surface area contributed by atoms with Gasteiger partial charge < -0.3 is 0 Å². The third-order valence-electron chi connectivity index (χ3n) is 3.46. The molecule has 0 fully saturated rings. The Morgan fingerprint density at radius 3 is 2.62 bits per heavy atom. The van der Waals surface area contributed by atoms with Crippen LogP contribution in [0.25, 0.3) is 0 Å². The van der Waals surface area contributed by atoms with Crippen LogP contribution in [-0.2, 0) is 17.8 Å². The molecule has 2 amide bonds. The number of benzene rings is 1. The third kappa shape index (κ3) is 2.43. The summed E-state index contributed by atoms with van der Waals surface area (Å²) in [7, 11) is 0. The molecular weight excluding hydrogens is 313 g/mol. The van der Waals surface area contributed by atoms with Crippen LogP contribution in [0.5, 0.6) is 0 Å². The highest BCUT2D eigenvalue weighted by atomic mass is 35.5. The Labute approximate surface area is 130 Å². The fourth-order valence-electron chi connectivity index (χ4n) is 2.40. The van der Waals surface area contributed by atoms with E-state index in [4.69, 9.17) is 23.2 Å². The van der Waals surface area contributed by atoms with E-state index < -0.39 is 5.91 Å². The van der Waals surface area contributed by atoms with Crippen molar-refractivity contribution >= 4 is 35.0 Å². The van der Waals surface area contributed by atoms with Crippen LogP contribution in [0.1, 0.15) is 27.3 Å². The highest BCUT2D eigenvalue weighted by Crippen LogP contribution is 2.26. The summed E-state index contributed by atoms with van der Waals surface area (Å²) in [6.45, 7) is 2.13. The van der Waals surface area contributed by atoms with Gasteiger partial charge in [-0.1, -0.05) is 29.3 Å². The maximum Gasteiger partial charge on any atom is 0.261 e. The lowest BCUT2D eigenvalue weighted by Crippen LogP contribution is -2.37. The van der Waals surface area contributed by atoms with Gasteiger partial charge >= 0.3 is 0 Å². The first kappa shape index (κ1) is 14.1. The lowest BCUT2D eigenvalue weighted by atomic mass is 10.1. The molecule has 3 rings (SSSR count). The van der Waals surface area contributed by atoms with Crippen molar-refractivity contribution in [3.05, 3.63) is 50.8 Å². The molecule has 21 heavy (non-hydrogen) atoms. The summed E-state index contributed by atoms with van der Waals surface area (Å²) in [6.07, 6.45) is 0.102. The number of halogens is 2. The van der Waals surface area contributed by atoms with E-state index in [1.165, 1.54) is 0 Å². The number of hydrogen-bond acceptors (Lipinski definition) is 3. The minimum absolute atomic E-state index is 0.102. The average Bonchev–Trinajstić information content (AvgIpc) is 2.70. The quantitative estimate of drug-likeness (QED) is 0.863. The molecule has 0 bridgehead atoms. The third-order valence-corrected chi connectivity index (χ3v) is 4.16. The van der Waals surface area contributed by atoms with E-state index in [-0.39, 0.29) is 12.3 Å². The minimum Gasteiger partial charge on any atom is -0.292 e. The van der Waals surface area contributed by atoms with E-state index >= 15 is 0 Å². The van der Waals surface area contributed by atoms with E-state index in [1.54, 1.807) is 29.8 Å². The highest BCUT2D eigenvalue weighted by Gasteiger charge is 2.29. The van der Waals surface area contributed by atoms with Gasteiger partial charge in [0.25, 0.3) is 5.91 Å². The van der Waals surface area contributed by atoms with Gasteiger partial charge in [0.05, 0.1) is 24.2 Å². The summed E-state index contributed by atoms with van der Waals surface area (Å²) in [5.74, 6) is -0.747. The Balaban J connectivity index is 2.04. The summed E-state index contributed by atoms with van der Waals surface area (Å²) in [6, 6.07) is 5.26. The maximum absolute atomic E-state index is 11.9. The molecule has 5 nitrogen and oxygen atoms in total. The van der Waals surface area contributed by atoms with Gasteiger partial charge in [0, 0.05) is 21.3 Å². The first-order valence-corrected chi connectivity index (χ1v) is 7.06. The van der Waals surface area contributed by atoms with Crippen LogP contribution in [-0.4, -0.2) is 21.6 Å². The first-order chi connectivity index (χ1) is 9.97. The maximum atomic E-state index is 11.9. The van der Waals surface area contributed by atoms with Gasteiger partial charge in [0.2, 0.25) is 5.91 Å². The lowest BCUT2D eigenvalue weighted by molar-refractivity contribution is -0.119. The van der Waals surface area contributed by atoms with Crippen molar-refractivity contribution < 1.29 is 9.59 Å². The zero-order chi connectivity index (χ0) is 15.1. The van der Waals surface area contributed by atoms with Crippen LogP contribution in [0.2, 0.25) is 10.0 Å². The van der Waals surface area contributed by atoms with Crippen molar-refractivity contribution in [2.75, 3.05) is 0 Å². The van der Waals surface area contributed by atoms with E-state index in [0.717, 1.165) is 5.56 Å². The van der Waals surface area contributed by atoms with Gasteiger partial charge in [-0.15, -0.1) is 0 Å². The van der Waals surface area contributed by atoms with Gasteiger partial charge in [0.1, 0.15) is 0 Å². The SMILES string of the molecule is Cc1c2c(nn1Cc1c(Cl)cccc1Cl)CC(=O)NC2=O. The van der Waals surface area contributed by atoms with Crippen molar-refractivity contribution in [2.45, 2.75) is 19.9 Å². The molecule has 7 heteroatoms. The predicted molar refractivity (Wildman–Crippen MR) is 78.7 cm³/mol. The number of carbonyl (C=O) groups is 2. The van der Waals surface area contributed by atoms with Crippen LogP contribution in [0.3, 0.4) is 0 Å². The Hall–Kier alpha value is -1.85. The predicted octanol–water partition coefficient (Wildman–Crippen LogP) is 2.36. The van der Waals surface area contributed by atoms with Crippen molar-refractivity contribution in [2.24, 2.45) is 0 Å². The Morgan fingerprint density at radius 2 is 1.95 bits per heavy atom. The van der Waals surface area contributed by atoms with E-state index in [1.807, 2.05) is 0 Å². The number of carbonyl (C=O) groups excluding carboxylic acids is 2. The number of hydrogen-bond donors (Lipinski definition) is 1. The summed E-state index contributed by atoms with van der Waals surface area (Å²) < 4.78 is 1.65. The number of amides is 2. The number of imide groups is 1. The summed E-state index contributed by atoms with van der Waals surface area (Å²) in [4.78, 5) is 23.3. The summed E-state index contributed by atoms with van der Waals surface area (Å²) in [5.41, 5.74) is 2.36. The number of nitrogens with zero attached hydrogens (tertiary/aromatic N) is 2. The highest BCUT2D eigenvalue weighted by molar-refractivity contribution is 6.36. The van der Waals surface area contributed by atoms with Crippen LogP contribution >= 0.6 is 23.2 Å². The molecule has 0 atom stereocenters. The summed E-state index contributed by atoms with van der Waals surface area (Å²) in [5, 5.41) is 7.72. The lowest BCUT2D eigenvalue weighted by Gasteiger charge is -2.10. The molecular formula is C14H11Cl2N3O2. The Kier molecular flexibility index (Phi) is 3.47. The molecule has 1 aliphatic rings. The molecule has 1 aromatic carbocycles. The second-order valence-electron chi connectivity index (χ2n) is 4.82. The first-order valence-electron chi connectivity index (χ1n) is 6.30. The molecule has 0 saturated heterocycles. The number of fused-ring (bicyclic) bond motifs is 1. The van der Waals surface area contributed by atoms with Crippen LogP contribution < -0.4 is 5.32 Å². The number of nitrogens with one attached hydrogen (secondary N) is 1. The molecule has 1 aliphatic heterocycles. The molecule has 1 aromatic heterocycles. The molecule has 2 heterocycles. The van der Waals surface area contributed by atoms with Gasteiger partial charge in [-0.25, -0.2) is 0 Å². The van der Waals surface area contributed by atoms with Gasteiger partial charge in [0.15, 0.2) is 0 Å². The number of rotatable bonds is 2. The van der Waals surface area contributed by atoms with Crippen LogP contribution in [0.4, 0.5) is 0 Å². The monoisotopic (exact) mass is 323 g/mol. The molecule has 2 aromatic rings. The van der Waals surface area contributed by atoms with Crippen LogP contribution in [0.15, 0.2) is 18.2 Å². The van der Waals surface area contributed by atoms with Crippen molar-refractivity contribution in [1.29, 1.82) is 0 Å². The normalized spacial score (nSPS) is 14.0. The van der Waals surface area contributed by atoms with Gasteiger partial charge in [-0.05, 0) is 19.1 Å². The zero-order valence-electron chi connectivity index (χ0n) is 11.1. The molecule has 0 radical (unpaired) electrons. The van der Waals surface area contributed by atoms with E-state index in [0.29, 0.717) is 33.5 Å². The Morgan fingerprint density at radius 1 is 1.29 bits per heavy atom. The molecule has 0 saturated carbocycles. The fourth-order valence-corrected chi connectivity index (χ4v) is 2.92. The van der Waals surface area contributed by atoms with E-state index in [9.17, 15) is 9.59 Å².